The molecule has 1 atom stereocenters. The van der Waals surface area contributed by atoms with E-state index in [4.69, 9.17) is 0 Å². The van der Waals surface area contributed by atoms with Gasteiger partial charge in [-0.15, -0.1) is 24.8 Å². The number of halogens is 2. The zero-order valence-electron chi connectivity index (χ0n) is 16.2. The highest BCUT2D eigenvalue weighted by molar-refractivity contribution is 6.00. The third-order valence-electron chi connectivity index (χ3n) is 5.90. The van der Waals surface area contributed by atoms with Crippen molar-refractivity contribution in [2.75, 3.05) is 31.5 Å². The van der Waals surface area contributed by atoms with Crippen molar-refractivity contribution in [3.63, 3.8) is 0 Å². The van der Waals surface area contributed by atoms with Crippen molar-refractivity contribution < 1.29 is 4.79 Å². The van der Waals surface area contributed by atoms with E-state index in [-0.39, 0.29) is 30.7 Å². The molecule has 0 radical (unpaired) electrons. The number of carbonyl (C=O) groups excluding carboxylic acids is 1. The number of anilines is 1. The van der Waals surface area contributed by atoms with Crippen LogP contribution >= 0.6 is 24.8 Å². The normalized spacial score (nSPS) is 21.2. The van der Waals surface area contributed by atoms with Gasteiger partial charge in [0.25, 0.3) is 0 Å². The standard InChI is InChI=1S/C22H27N3O.2ClH/c1-2-17-7-4-6-10-20(17)24-21(26)22(25-15-13-23-14-16-25)12-11-18-8-3-5-9-19(18)22;;/h3-10,23H,2,11-16H2,1H3,(H,24,26);2*1H. The predicted octanol–water partition coefficient (Wildman–Crippen LogP) is 3.78. The van der Waals surface area contributed by atoms with Crippen molar-refractivity contribution in [3.05, 3.63) is 65.2 Å². The van der Waals surface area contributed by atoms with Gasteiger partial charge in [-0.05, 0) is 42.0 Å². The number of nitrogens with zero attached hydrogens (tertiary/aromatic N) is 1. The summed E-state index contributed by atoms with van der Waals surface area (Å²) in [6.45, 7) is 5.79. The first-order valence-electron chi connectivity index (χ1n) is 9.69. The number of fused-ring (bicyclic) bond motifs is 1. The van der Waals surface area contributed by atoms with Gasteiger partial charge in [0.1, 0.15) is 5.54 Å². The van der Waals surface area contributed by atoms with Crippen LogP contribution in [-0.4, -0.2) is 37.0 Å². The van der Waals surface area contributed by atoms with E-state index >= 15 is 0 Å². The molecule has 1 aliphatic heterocycles. The molecule has 2 aromatic carbocycles. The van der Waals surface area contributed by atoms with Crippen LogP contribution in [0.25, 0.3) is 0 Å². The first-order chi connectivity index (χ1) is 12.8. The smallest absolute Gasteiger partial charge is 0.249 e. The van der Waals surface area contributed by atoms with E-state index in [1.54, 1.807) is 0 Å². The second-order valence-corrected chi connectivity index (χ2v) is 7.22. The molecule has 1 amide bonds. The monoisotopic (exact) mass is 421 g/mol. The fourth-order valence-electron chi connectivity index (χ4n) is 4.52. The fourth-order valence-corrected chi connectivity index (χ4v) is 4.52. The van der Waals surface area contributed by atoms with Crippen LogP contribution in [0.2, 0.25) is 0 Å². The highest BCUT2D eigenvalue weighted by Crippen LogP contribution is 2.43. The predicted molar refractivity (Wildman–Crippen MR) is 120 cm³/mol. The van der Waals surface area contributed by atoms with Crippen molar-refractivity contribution in [1.29, 1.82) is 0 Å². The van der Waals surface area contributed by atoms with Crippen molar-refractivity contribution in [1.82, 2.24) is 10.2 Å². The van der Waals surface area contributed by atoms with Crippen LogP contribution < -0.4 is 10.6 Å². The van der Waals surface area contributed by atoms with E-state index in [1.165, 1.54) is 16.7 Å². The number of piperazine rings is 1. The van der Waals surface area contributed by atoms with Gasteiger partial charge in [-0.25, -0.2) is 0 Å². The molecule has 0 bridgehead atoms. The fraction of sp³-hybridized carbons (Fsp3) is 0.409. The van der Waals surface area contributed by atoms with Gasteiger partial charge in [0, 0.05) is 31.9 Å². The summed E-state index contributed by atoms with van der Waals surface area (Å²) >= 11 is 0. The first-order valence-corrected chi connectivity index (χ1v) is 9.69. The summed E-state index contributed by atoms with van der Waals surface area (Å²) in [5, 5.41) is 6.69. The SMILES string of the molecule is CCc1ccccc1NC(=O)C1(N2CCNCC2)CCc2ccccc21.Cl.Cl. The molecule has 0 aromatic heterocycles. The minimum absolute atomic E-state index is 0. The molecule has 28 heavy (non-hydrogen) atoms. The van der Waals surface area contributed by atoms with Crippen molar-refractivity contribution in [2.45, 2.75) is 31.7 Å². The molecule has 2 aromatic rings. The Morgan fingerprint density at radius 1 is 1.07 bits per heavy atom. The van der Waals surface area contributed by atoms with Gasteiger partial charge in [-0.1, -0.05) is 49.4 Å². The Morgan fingerprint density at radius 2 is 1.75 bits per heavy atom. The van der Waals surface area contributed by atoms with Crippen LogP contribution in [0.1, 0.15) is 30.0 Å². The van der Waals surface area contributed by atoms with E-state index in [1.807, 2.05) is 18.2 Å². The number of carbonyl (C=O) groups is 1. The van der Waals surface area contributed by atoms with Crippen LogP contribution in [0.4, 0.5) is 5.69 Å². The average Bonchev–Trinajstić information content (AvgIpc) is 3.10. The van der Waals surface area contributed by atoms with E-state index in [2.05, 4.69) is 52.8 Å². The second-order valence-electron chi connectivity index (χ2n) is 7.22. The molecular formula is C22H29Cl2N3O. The van der Waals surface area contributed by atoms with Crippen LogP contribution in [0.5, 0.6) is 0 Å². The van der Waals surface area contributed by atoms with Crippen LogP contribution in [0.15, 0.2) is 48.5 Å². The molecule has 6 heteroatoms. The lowest BCUT2D eigenvalue weighted by atomic mass is 9.87. The van der Waals surface area contributed by atoms with E-state index in [0.29, 0.717) is 0 Å². The minimum Gasteiger partial charge on any atom is -0.324 e. The highest BCUT2D eigenvalue weighted by Gasteiger charge is 2.49. The number of nitrogens with one attached hydrogen (secondary N) is 2. The molecule has 2 N–H and O–H groups in total. The summed E-state index contributed by atoms with van der Waals surface area (Å²) in [7, 11) is 0. The third-order valence-corrected chi connectivity index (χ3v) is 5.90. The number of para-hydroxylation sites is 1. The van der Waals surface area contributed by atoms with Gasteiger partial charge in [0.05, 0.1) is 0 Å². The van der Waals surface area contributed by atoms with Crippen molar-refractivity contribution in [2.24, 2.45) is 0 Å². The van der Waals surface area contributed by atoms with Gasteiger partial charge < -0.3 is 10.6 Å². The number of hydrogen-bond donors (Lipinski definition) is 2. The molecular weight excluding hydrogens is 393 g/mol. The Hall–Kier alpha value is -1.59. The first kappa shape index (κ1) is 22.7. The molecule has 4 rings (SSSR count). The summed E-state index contributed by atoms with van der Waals surface area (Å²) in [6.07, 6.45) is 2.73. The molecule has 1 unspecified atom stereocenters. The Labute approximate surface area is 179 Å². The van der Waals surface area contributed by atoms with Crippen LogP contribution in [0.3, 0.4) is 0 Å². The molecule has 0 saturated carbocycles. The lowest BCUT2D eigenvalue weighted by Crippen LogP contribution is -2.58. The Morgan fingerprint density at radius 3 is 2.50 bits per heavy atom. The Balaban J connectivity index is 0.00000140. The number of hydrogen-bond acceptors (Lipinski definition) is 3. The Bertz CT molecular complexity index is 808. The molecule has 1 aliphatic carbocycles. The number of aryl methyl sites for hydroxylation is 2. The van der Waals surface area contributed by atoms with Crippen LogP contribution in [0, 0.1) is 0 Å². The topological polar surface area (TPSA) is 44.4 Å². The average molecular weight is 422 g/mol. The summed E-state index contributed by atoms with van der Waals surface area (Å²) < 4.78 is 0. The summed E-state index contributed by atoms with van der Waals surface area (Å²) in [5.41, 5.74) is 4.07. The molecule has 1 heterocycles. The zero-order chi connectivity index (χ0) is 18.0. The largest absolute Gasteiger partial charge is 0.324 e. The van der Waals surface area contributed by atoms with Gasteiger partial charge in [-0.3, -0.25) is 9.69 Å². The Kier molecular flexibility index (Phi) is 7.90. The highest BCUT2D eigenvalue weighted by atomic mass is 35.5. The quantitative estimate of drug-likeness (QED) is 0.789. The maximum absolute atomic E-state index is 13.7. The second kappa shape index (κ2) is 9.75. The molecule has 0 spiro atoms. The number of rotatable bonds is 4. The summed E-state index contributed by atoms with van der Waals surface area (Å²) in [5.74, 6) is 0.116. The molecule has 1 saturated heterocycles. The zero-order valence-corrected chi connectivity index (χ0v) is 17.9. The van der Waals surface area contributed by atoms with Crippen molar-refractivity contribution >= 4 is 36.4 Å². The maximum Gasteiger partial charge on any atom is 0.249 e. The molecule has 1 fully saturated rings. The van der Waals surface area contributed by atoms with Crippen LogP contribution in [-0.2, 0) is 23.2 Å². The van der Waals surface area contributed by atoms with Gasteiger partial charge in [0.2, 0.25) is 5.91 Å². The summed E-state index contributed by atoms with van der Waals surface area (Å²) in [4.78, 5) is 16.1. The third kappa shape index (κ3) is 3.92. The maximum atomic E-state index is 13.7. The van der Waals surface area contributed by atoms with E-state index in [0.717, 1.165) is 51.1 Å². The lowest BCUT2D eigenvalue weighted by Gasteiger charge is -2.43. The van der Waals surface area contributed by atoms with Gasteiger partial charge in [-0.2, -0.15) is 0 Å². The summed E-state index contributed by atoms with van der Waals surface area (Å²) in [6, 6.07) is 16.6. The lowest BCUT2D eigenvalue weighted by molar-refractivity contribution is -0.129. The minimum atomic E-state index is -0.556. The molecule has 4 nitrogen and oxygen atoms in total. The van der Waals surface area contributed by atoms with E-state index in [9.17, 15) is 4.79 Å². The molecule has 2 aliphatic rings. The van der Waals surface area contributed by atoms with Gasteiger partial charge >= 0.3 is 0 Å². The van der Waals surface area contributed by atoms with Gasteiger partial charge in [0.15, 0.2) is 0 Å². The molecule has 152 valence electrons. The number of benzene rings is 2. The van der Waals surface area contributed by atoms with E-state index < -0.39 is 5.54 Å². The van der Waals surface area contributed by atoms with Crippen molar-refractivity contribution in [3.8, 4) is 0 Å². The number of amides is 1.